The summed E-state index contributed by atoms with van der Waals surface area (Å²) in [5, 5.41) is 28.7. The molecule has 0 unspecified atom stereocenters. The smallest absolute Gasteiger partial charge is 0.254 e. The van der Waals surface area contributed by atoms with Crippen molar-refractivity contribution in [1.29, 1.82) is 0 Å². The van der Waals surface area contributed by atoms with Crippen LogP contribution < -0.4 is 5.56 Å². The Hall–Kier alpha value is -2.27. The predicted octanol–water partition coefficient (Wildman–Crippen LogP) is 1.30. The molecule has 0 saturated heterocycles. The summed E-state index contributed by atoms with van der Waals surface area (Å²) in [5.74, 6) is -0.0306. The van der Waals surface area contributed by atoms with Gasteiger partial charge in [-0.2, -0.15) is 0 Å². The van der Waals surface area contributed by atoms with Crippen LogP contribution in [-0.4, -0.2) is 19.9 Å². The number of aromatic hydroxyl groups is 2. The summed E-state index contributed by atoms with van der Waals surface area (Å²) in [6.45, 7) is 1.74. The second kappa shape index (κ2) is 5.16. The molecule has 0 bridgehead atoms. The average Bonchev–Trinajstić information content (AvgIpc) is 2.33. The van der Waals surface area contributed by atoms with Crippen molar-refractivity contribution in [2.75, 3.05) is 0 Å². The molecule has 1 heterocycles. The Labute approximate surface area is 110 Å². The first-order valence-corrected chi connectivity index (χ1v) is 5.85. The third-order valence-corrected chi connectivity index (χ3v) is 2.93. The number of rotatable bonds is 3. The number of aliphatic hydroxyl groups is 1. The maximum Gasteiger partial charge on any atom is 0.254 e. The van der Waals surface area contributed by atoms with Crippen molar-refractivity contribution in [3.05, 3.63) is 58.0 Å². The summed E-state index contributed by atoms with van der Waals surface area (Å²) in [7, 11) is 0. The SMILES string of the molecule is Cc1cc(O)cc(=O)n1C[C@H](O)c1cccc(O)c1. The van der Waals surface area contributed by atoms with Crippen molar-refractivity contribution in [3.63, 3.8) is 0 Å². The van der Waals surface area contributed by atoms with E-state index in [9.17, 15) is 20.1 Å². The Balaban J connectivity index is 2.29. The molecule has 100 valence electrons. The number of aromatic nitrogens is 1. The van der Waals surface area contributed by atoms with Crippen molar-refractivity contribution in [2.45, 2.75) is 19.6 Å². The zero-order valence-corrected chi connectivity index (χ0v) is 10.4. The molecule has 0 amide bonds. The fraction of sp³-hybridized carbons (Fsp3) is 0.214. The molecule has 1 aromatic heterocycles. The molecule has 0 aliphatic carbocycles. The highest BCUT2D eigenvalue weighted by Gasteiger charge is 2.12. The lowest BCUT2D eigenvalue weighted by molar-refractivity contribution is 0.153. The van der Waals surface area contributed by atoms with Gasteiger partial charge in [-0.25, -0.2) is 0 Å². The summed E-state index contributed by atoms with van der Waals surface area (Å²) >= 11 is 0. The lowest BCUT2D eigenvalue weighted by Crippen LogP contribution is -2.24. The summed E-state index contributed by atoms with van der Waals surface area (Å²) in [6.07, 6.45) is -0.909. The molecule has 2 rings (SSSR count). The number of aryl methyl sites for hydroxylation is 1. The fourth-order valence-corrected chi connectivity index (χ4v) is 1.96. The van der Waals surface area contributed by atoms with Gasteiger partial charge in [-0.05, 0) is 30.7 Å². The quantitative estimate of drug-likeness (QED) is 0.777. The fourth-order valence-electron chi connectivity index (χ4n) is 1.96. The van der Waals surface area contributed by atoms with Crippen LogP contribution in [0.3, 0.4) is 0 Å². The van der Waals surface area contributed by atoms with Crippen LogP contribution in [0.2, 0.25) is 0 Å². The highest BCUT2D eigenvalue weighted by Crippen LogP contribution is 2.20. The molecular weight excluding hydrogens is 246 g/mol. The predicted molar refractivity (Wildman–Crippen MR) is 70.2 cm³/mol. The maximum absolute atomic E-state index is 11.7. The second-order valence-corrected chi connectivity index (χ2v) is 4.41. The zero-order valence-electron chi connectivity index (χ0n) is 10.4. The molecule has 1 aromatic carbocycles. The van der Waals surface area contributed by atoms with Gasteiger partial charge in [0.15, 0.2) is 0 Å². The Morgan fingerprint density at radius 2 is 1.89 bits per heavy atom. The van der Waals surface area contributed by atoms with Crippen molar-refractivity contribution in [2.24, 2.45) is 0 Å². The van der Waals surface area contributed by atoms with Crippen LogP contribution in [0.1, 0.15) is 17.4 Å². The normalized spacial score (nSPS) is 12.3. The van der Waals surface area contributed by atoms with Gasteiger partial charge in [0, 0.05) is 11.8 Å². The first-order chi connectivity index (χ1) is 8.97. The number of pyridine rings is 1. The molecule has 1 atom stereocenters. The number of phenolic OH excluding ortho intramolecular Hbond substituents is 1. The summed E-state index contributed by atoms with van der Waals surface area (Å²) in [6, 6.07) is 8.81. The minimum Gasteiger partial charge on any atom is -0.508 e. The van der Waals surface area contributed by atoms with Gasteiger partial charge in [-0.3, -0.25) is 4.79 Å². The van der Waals surface area contributed by atoms with E-state index in [0.29, 0.717) is 11.3 Å². The number of nitrogens with zero attached hydrogens (tertiary/aromatic N) is 1. The van der Waals surface area contributed by atoms with E-state index in [2.05, 4.69) is 0 Å². The highest BCUT2D eigenvalue weighted by atomic mass is 16.3. The molecule has 3 N–H and O–H groups in total. The van der Waals surface area contributed by atoms with Crippen LogP contribution in [0, 0.1) is 6.92 Å². The Kier molecular flexibility index (Phi) is 3.57. The van der Waals surface area contributed by atoms with Crippen LogP contribution in [0.25, 0.3) is 0 Å². The van der Waals surface area contributed by atoms with Crippen molar-refractivity contribution < 1.29 is 15.3 Å². The maximum atomic E-state index is 11.7. The standard InChI is InChI=1S/C14H15NO4/c1-9-5-12(17)7-14(19)15(9)8-13(18)10-3-2-4-11(16)6-10/h2-7,13,16-18H,8H2,1H3/t13-/m0/s1. The summed E-state index contributed by atoms with van der Waals surface area (Å²) < 4.78 is 1.37. The molecule has 0 spiro atoms. The second-order valence-electron chi connectivity index (χ2n) is 4.41. The zero-order chi connectivity index (χ0) is 14.0. The van der Waals surface area contributed by atoms with Gasteiger partial charge in [0.1, 0.15) is 11.5 Å². The highest BCUT2D eigenvalue weighted by molar-refractivity contribution is 5.29. The van der Waals surface area contributed by atoms with Gasteiger partial charge in [-0.15, -0.1) is 0 Å². The molecule has 5 heteroatoms. The largest absolute Gasteiger partial charge is 0.508 e. The van der Waals surface area contributed by atoms with Crippen LogP contribution in [0.5, 0.6) is 11.5 Å². The minimum absolute atomic E-state index is 0.0614. The number of hydrogen-bond donors (Lipinski definition) is 3. The van der Waals surface area contributed by atoms with Gasteiger partial charge in [0.05, 0.1) is 12.6 Å². The van der Waals surface area contributed by atoms with Crippen molar-refractivity contribution >= 4 is 0 Å². The third-order valence-electron chi connectivity index (χ3n) is 2.93. The number of benzene rings is 1. The van der Waals surface area contributed by atoms with Crippen LogP contribution in [-0.2, 0) is 6.54 Å². The van der Waals surface area contributed by atoms with Crippen molar-refractivity contribution in [3.8, 4) is 11.5 Å². The van der Waals surface area contributed by atoms with Gasteiger partial charge in [-0.1, -0.05) is 12.1 Å². The van der Waals surface area contributed by atoms with E-state index in [-0.39, 0.29) is 23.6 Å². The van der Waals surface area contributed by atoms with Crippen molar-refractivity contribution in [1.82, 2.24) is 4.57 Å². The molecule has 0 fully saturated rings. The molecule has 5 nitrogen and oxygen atoms in total. The Morgan fingerprint density at radius 3 is 2.53 bits per heavy atom. The minimum atomic E-state index is -0.909. The van der Waals surface area contributed by atoms with Crippen LogP contribution in [0.4, 0.5) is 0 Å². The van der Waals surface area contributed by atoms with E-state index in [1.165, 1.54) is 22.8 Å². The first kappa shape index (κ1) is 13.2. The number of aliphatic hydroxyl groups excluding tert-OH is 1. The lowest BCUT2D eigenvalue weighted by atomic mass is 10.1. The number of hydrogen-bond acceptors (Lipinski definition) is 4. The Morgan fingerprint density at radius 1 is 1.16 bits per heavy atom. The van der Waals surface area contributed by atoms with E-state index < -0.39 is 6.10 Å². The molecule has 0 radical (unpaired) electrons. The monoisotopic (exact) mass is 261 g/mol. The van der Waals surface area contributed by atoms with Gasteiger partial charge < -0.3 is 19.9 Å². The van der Waals surface area contributed by atoms with Gasteiger partial charge >= 0.3 is 0 Å². The third kappa shape index (κ3) is 2.95. The first-order valence-electron chi connectivity index (χ1n) is 5.85. The van der Waals surface area contributed by atoms with E-state index in [1.54, 1.807) is 19.1 Å². The molecular formula is C14H15NO4. The van der Waals surface area contributed by atoms with E-state index in [1.807, 2.05) is 0 Å². The Bertz CT molecular complexity index is 648. The van der Waals surface area contributed by atoms with Crippen LogP contribution >= 0.6 is 0 Å². The van der Waals surface area contributed by atoms with E-state index in [0.717, 1.165) is 6.07 Å². The van der Waals surface area contributed by atoms with Gasteiger partial charge in [0.2, 0.25) is 0 Å². The topological polar surface area (TPSA) is 82.7 Å². The molecule has 19 heavy (non-hydrogen) atoms. The average molecular weight is 261 g/mol. The molecule has 2 aromatic rings. The lowest BCUT2D eigenvalue weighted by Gasteiger charge is -2.15. The van der Waals surface area contributed by atoms with E-state index in [4.69, 9.17) is 0 Å². The van der Waals surface area contributed by atoms with Crippen LogP contribution in [0.15, 0.2) is 41.2 Å². The molecule has 0 aliphatic heterocycles. The summed E-state index contributed by atoms with van der Waals surface area (Å²) in [5.41, 5.74) is 0.709. The number of phenols is 1. The molecule has 0 aliphatic rings. The van der Waals surface area contributed by atoms with Gasteiger partial charge in [0.25, 0.3) is 5.56 Å². The summed E-state index contributed by atoms with van der Waals surface area (Å²) in [4.78, 5) is 11.7. The molecule has 0 saturated carbocycles. The van der Waals surface area contributed by atoms with E-state index >= 15 is 0 Å².